The molecule has 0 atom stereocenters. The highest BCUT2D eigenvalue weighted by atomic mass is 16.5. The number of hydrogen-bond donors (Lipinski definition) is 0. The number of amides is 1. The van der Waals surface area contributed by atoms with Crippen molar-refractivity contribution in [1.29, 1.82) is 0 Å². The summed E-state index contributed by atoms with van der Waals surface area (Å²) in [5.41, 5.74) is 2.91. The minimum Gasteiger partial charge on any atom is -0.491 e. The van der Waals surface area contributed by atoms with Crippen LogP contribution in [0.4, 0.5) is 0 Å². The van der Waals surface area contributed by atoms with Crippen LogP contribution in [-0.2, 0) is 4.74 Å². The lowest BCUT2D eigenvalue weighted by atomic mass is 10.0. The second-order valence-corrected chi connectivity index (χ2v) is 7.22. The first kappa shape index (κ1) is 19.4. The van der Waals surface area contributed by atoms with E-state index in [9.17, 15) is 4.79 Å². The van der Waals surface area contributed by atoms with Crippen LogP contribution in [-0.4, -0.2) is 42.7 Å². The second-order valence-electron chi connectivity index (χ2n) is 7.22. The molecule has 2 aromatic carbocycles. The van der Waals surface area contributed by atoms with Crippen molar-refractivity contribution in [1.82, 2.24) is 4.90 Å². The van der Waals surface area contributed by atoms with E-state index in [0.717, 1.165) is 55.0 Å². The normalized spacial score (nSPS) is 15.2. The minimum atomic E-state index is 0.105. The first-order chi connectivity index (χ1) is 13.1. The molecule has 1 saturated heterocycles. The molecule has 27 heavy (non-hydrogen) atoms. The summed E-state index contributed by atoms with van der Waals surface area (Å²) in [5.74, 6) is 0.966. The number of rotatable bonds is 6. The Bertz CT molecular complexity index is 746. The van der Waals surface area contributed by atoms with Gasteiger partial charge in [-0.3, -0.25) is 4.79 Å². The van der Waals surface area contributed by atoms with E-state index < -0.39 is 0 Å². The van der Waals surface area contributed by atoms with E-state index in [2.05, 4.69) is 6.07 Å². The third-order valence-corrected chi connectivity index (χ3v) is 4.80. The molecule has 0 aromatic heterocycles. The fourth-order valence-electron chi connectivity index (χ4n) is 3.47. The summed E-state index contributed by atoms with van der Waals surface area (Å²) in [6, 6.07) is 15.9. The van der Waals surface area contributed by atoms with Gasteiger partial charge < -0.3 is 14.4 Å². The lowest BCUT2D eigenvalue weighted by Crippen LogP contribution is -2.40. The maximum atomic E-state index is 12.8. The molecule has 0 aliphatic carbocycles. The Morgan fingerprint density at radius 1 is 1.07 bits per heavy atom. The quantitative estimate of drug-likeness (QED) is 0.737. The van der Waals surface area contributed by atoms with Gasteiger partial charge in [0, 0.05) is 25.3 Å². The summed E-state index contributed by atoms with van der Waals surface area (Å²) >= 11 is 0. The van der Waals surface area contributed by atoms with E-state index in [1.807, 2.05) is 68.1 Å². The van der Waals surface area contributed by atoms with Crippen LogP contribution >= 0.6 is 0 Å². The zero-order valence-electron chi connectivity index (χ0n) is 16.5. The number of hydrogen-bond acceptors (Lipinski definition) is 3. The average molecular weight is 367 g/mol. The molecule has 0 saturated carbocycles. The predicted molar refractivity (Wildman–Crippen MR) is 108 cm³/mol. The molecule has 3 rings (SSSR count). The molecule has 0 N–H and O–H groups in total. The van der Waals surface area contributed by atoms with Crippen molar-refractivity contribution >= 4 is 5.91 Å². The molecule has 0 unspecified atom stereocenters. The largest absolute Gasteiger partial charge is 0.491 e. The van der Waals surface area contributed by atoms with Gasteiger partial charge in [0.15, 0.2) is 0 Å². The van der Waals surface area contributed by atoms with Crippen LogP contribution in [0.5, 0.6) is 5.75 Å². The van der Waals surface area contributed by atoms with Gasteiger partial charge in [-0.15, -0.1) is 0 Å². The van der Waals surface area contributed by atoms with Crippen molar-refractivity contribution in [2.24, 2.45) is 0 Å². The second kappa shape index (κ2) is 9.05. The van der Waals surface area contributed by atoms with Crippen molar-refractivity contribution in [3.63, 3.8) is 0 Å². The van der Waals surface area contributed by atoms with Crippen molar-refractivity contribution in [2.45, 2.75) is 45.8 Å². The van der Waals surface area contributed by atoms with Gasteiger partial charge in [-0.05, 0) is 69.0 Å². The molecule has 1 aliphatic heterocycles. The maximum Gasteiger partial charge on any atom is 0.253 e. The Morgan fingerprint density at radius 2 is 1.78 bits per heavy atom. The standard InChI is InChI=1S/C23H29NO3/c1-4-26-21-12-14-24(15-13-21)23(25)19-10-8-18(9-11-19)20-6-5-7-22(16-20)27-17(2)3/h5-11,16-17,21H,4,12-15H2,1-3H3. The topological polar surface area (TPSA) is 38.8 Å². The van der Waals surface area contributed by atoms with Crippen LogP contribution in [0.2, 0.25) is 0 Å². The summed E-state index contributed by atoms with van der Waals surface area (Å²) in [6.45, 7) is 8.32. The van der Waals surface area contributed by atoms with Crippen LogP contribution < -0.4 is 4.74 Å². The summed E-state index contributed by atoms with van der Waals surface area (Å²) < 4.78 is 11.4. The number of benzene rings is 2. The van der Waals surface area contributed by atoms with Crippen molar-refractivity contribution in [3.8, 4) is 16.9 Å². The van der Waals surface area contributed by atoms with Crippen molar-refractivity contribution in [2.75, 3.05) is 19.7 Å². The van der Waals surface area contributed by atoms with Crippen LogP contribution in [0.3, 0.4) is 0 Å². The van der Waals surface area contributed by atoms with E-state index in [0.29, 0.717) is 6.10 Å². The third-order valence-electron chi connectivity index (χ3n) is 4.80. The Hall–Kier alpha value is -2.33. The molecule has 2 aromatic rings. The molecule has 4 heteroatoms. The smallest absolute Gasteiger partial charge is 0.253 e. The lowest BCUT2D eigenvalue weighted by Gasteiger charge is -2.31. The number of carbonyl (C=O) groups excluding carboxylic acids is 1. The fraction of sp³-hybridized carbons (Fsp3) is 0.435. The van der Waals surface area contributed by atoms with Gasteiger partial charge in [-0.1, -0.05) is 24.3 Å². The first-order valence-corrected chi connectivity index (χ1v) is 9.85. The molecule has 0 spiro atoms. The molecule has 1 aliphatic rings. The van der Waals surface area contributed by atoms with E-state index in [1.165, 1.54) is 0 Å². The molecular weight excluding hydrogens is 338 g/mol. The Labute approximate surface area is 162 Å². The van der Waals surface area contributed by atoms with E-state index >= 15 is 0 Å². The highest BCUT2D eigenvalue weighted by Gasteiger charge is 2.23. The van der Waals surface area contributed by atoms with Gasteiger partial charge in [0.1, 0.15) is 5.75 Å². The highest BCUT2D eigenvalue weighted by Crippen LogP contribution is 2.25. The summed E-state index contributed by atoms with van der Waals surface area (Å²) in [7, 11) is 0. The number of piperidine rings is 1. The Balaban J connectivity index is 1.66. The van der Waals surface area contributed by atoms with Gasteiger partial charge in [0.25, 0.3) is 5.91 Å². The number of carbonyl (C=O) groups is 1. The number of nitrogens with zero attached hydrogens (tertiary/aromatic N) is 1. The molecular formula is C23H29NO3. The lowest BCUT2D eigenvalue weighted by molar-refractivity contribution is 0.0146. The molecule has 144 valence electrons. The van der Waals surface area contributed by atoms with Crippen LogP contribution in [0.15, 0.2) is 48.5 Å². The minimum absolute atomic E-state index is 0.105. The van der Waals surface area contributed by atoms with Gasteiger partial charge in [-0.2, -0.15) is 0 Å². The maximum absolute atomic E-state index is 12.8. The van der Waals surface area contributed by atoms with Crippen LogP contribution in [0.25, 0.3) is 11.1 Å². The molecule has 1 fully saturated rings. The SMILES string of the molecule is CCOC1CCN(C(=O)c2ccc(-c3cccc(OC(C)C)c3)cc2)CC1. The van der Waals surface area contributed by atoms with Gasteiger partial charge in [0.05, 0.1) is 12.2 Å². The summed E-state index contributed by atoms with van der Waals surface area (Å²) in [6.07, 6.45) is 2.27. The third kappa shape index (κ3) is 5.10. The van der Waals surface area contributed by atoms with Crippen LogP contribution in [0.1, 0.15) is 44.0 Å². The highest BCUT2D eigenvalue weighted by molar-refractivity contribution is 5.94. The van der Waals surface area contributed by atoms with Gasteiger partial charge >= 0.3 is 0 Å². The molecule has 4 nitrogen and oxygen atoms in total. The zero-order chi connectivity index (χ0) is 19.2. The van der Waals surface area contributed by atoms with E-state index in [-0.39, 0.29) is 12.0 Å². The van der Waals surface area contributed by atoms with E-state index in [1.54, 1.807) is 0 Å². The summed E-state index contributed by atoms with van der Waals surface area (Å²) in [4.78, 5) is 14.7. The molecule has 0 radical (unpaired) electrons. The molecule has 1 amide bonds. The first-order valence-electron chi connectivity index (χ1n) is 9.85. The monoisotopic (exact) mass is 367 g/mol. The van der Waals surface area contributed by atoms with E-state index in [4.69, 9.17) is 9.47 Å². The Kier molecular flexibility index (Phi) is 6.51. The number of likely N-dealkylation sites (tertiary alicyclic amines) is 1. The zero-order valence-corrected chi connectivity index (χ0v) is 16.5. The van der Waals surface area contributed by atoms with Crippen LogP contribution in [0, 0.1) is 0 Å². The van der Waals surface area contributed by atoms with Crippen molar-refractivity contribution in [3.05, 3.63) is 54.1 Å². The predicted octanol–water partition coefficient (Wildman–Crippen LogP) is 4.78. The average Bonchev–Trinajstić information content (AvgIpc) is 2.68. The van der Waals surface area contributed by atoms with Crippen molar-refractivity contribution < 1.29 is 14.3 Å². The number of ether oxygens (including phenoxy) is 2. The van der Waals surface area contributed by atoms with Gasteiger partial charge in [-0.25, -0.2) is 0 Å². The Morgan fingerprint density at radius 3 is 2.41 bits per heavy atom. The van der Waals surface area contributed by atoms with Gasteiger partial charge in [0.2, 0.25) is 0 Å². The summed E-state index contributed by atoms with van der Waals surface area (Å²) in [5, 5.41) is 0. The molecule has 1 heterocycles. The molecule has 0 bridgehead atoms. The fourth-order valence-corrected chi connectivity index (χ4v) is 3.47.